The molecule has 3 aromatic rings. The van der Waals surface area contributed by atoms with Gasteiger partial charge in [0.15, 0.2) is 5.03 Å². The minimum Gasteiger partial charge on any atom is -0.465 e. The summed E-state index contributed by atoms with van der Waals surface area (Å²) >= 11 is 3.34. The minimum atomic E-state index is -3.71. The molecular weight excluding hydrogens is 394 g/mol. The van der Waals surface area contributed by atoms with Gasteiger partial charge in [-0.25, -0.2) is 13.2 Å². The largest absolute Gasteiger partial charge is 0.465 e. The highest BCUT2D eigenvalue weighted by atomic mass is 79.9. The zero-order valence-electron chi connectivity index (χ0n) is 13.0. The van der Waals surface area contributed by atoms with Gasteiger partial charge in [0.25, 0.3) is 0 Å². The van der Waals surface area contributed by atoms with Gasteiger partial charge in [0.2, 0.25) is 9.84 Å². The van der Waals surface area contributed by atoms with Crippen molar-refractivity contribution in [3.05, 3.63) is 58.1 Å². The number of halogens is 1. The van der Waals surface area contributed by atoms with Crippen molar-refractivity contribution in [2.45, 2.75) is 16.8 Å². The van der Waals surface area contributed by atoms with Gasteiger partial charge in [0.1, 0.15) is 0 Å². The Labute approximate surface area is 147 Å². The molecular formula is C17H14BrNO4S. The van der Waals surface area contributed by atoms with Gasteiger partial charge in [-0.1, -0.05) is 17.7 Å². The number of ether oxygens (including phenoxy) is 1. The molecule has 0 unspecified atom stereocenters. The van der Waals surface area contributed by atoms with Gasteiger partial charge in [-0.15, -0.1) is 0 Å². The van der Waals surface area contributed by atoms with Gasteiger partial charge in [0, 0.05) is 10.9 Å². The van der Waals surface area contributed by atoms with Gasteiger partial charge >= 0.3 is 5.97 Å². The number of benzene rings is 2. The summed E-state index contributed by atoms with van der Waals surface area (Å²) in [7, 11) is -2.41. The first kappa shape index (κ1) is 16.7. The summed E-state index contributed by atoms with van der Waals surface area (Å²) in [6.07, 6.45) is 0. The summed E-state index contributed by atoms with van der Waals surface area (Å²) in [5.41, 5.74) is 1.94. The molecule has 0 fully saturated rings. The summed E-state index contributed by atoms with van der Waals surface area (Å²) in [5, 5.41) is 0.659. The first-order valence-electron chi connectivity index (χ1n) is 7.06. The number of hydrogen-bond acceptors (Lipinski definition) is 4. The minimum absolute atomic E-state index is 0.0587. The van der Waals surface area contributed by atoms with Crippen LogP contribution in [0.1, 0.15) is 15.9 Å². The number of hydrogen-bond donors (Lipinski definition) is 1. The van der Waals surface area contributed by atoms with Gasteiger partial charge in [-0.2, -0.15) is 0 Å². The Morgan fingerprint density at radius 1 is 1.12 bits per heavy atom. The van der Waals surface area contributed by atoms with E-state index in [1.54, 1.807) is 42.5 Å². The van der Waals surface area contributed by atoms with Gasteiger partial charge < -0.3 is 9.72 Å². The van der Waals surface area contributed by atoms with E-state index in [9.17, 15) is 13.2 Å². The highest BCUT2D eigenvalue weighted by molar-refractivity contribution is 9.10. The average Bonchev–Trinajstić information content (AvgIpc) is 2.91. The van der Waals surface area contributed by atoms with Crippen LogP contribution in [0, 0.1) is 6.92 Å². The number of methoxy groups -OCH3 is 1. The van der Waals surface area contributed by atoms with Crippen molar-refractivity contribution >= 4 is 42.6 Å². The Bertz CT molecular complexity index is 1040. The summed E-state index contributed by atoms with van der Waals surface area (Å²) < 4.78 is 30.8. The maximum absolute atomic E-state index is 12.9. The molecule has 0 spiro atoms. The maximum atomic E-state index is 12.9. The number of rotatable bonds is 3. The van der Waals surface area contributed by atoms with Crippen molar-refractivity contribution < 1.29 is 17.9 Å². The van der Waals surface area contributed by atoms with E-state index >= 15 is 0 Å². The lowest BCUT2D eigenvalue weighted by Gasteiger charge is -2.03. The monoisotopic (exact) mass is 407 g/mol. The molecule has 0 radical (unpaired) electrons. The van der Waals surface area contributed by atoms with E-state index in [-0.39, 0.29) is 9.92 Å². The summed E-state index contributed by atoms with van der Waals surface area (Å²) in [5.74, 6) is -0.479. The van der Waals surface area contributed by atoms with Crippen LogP contribution < -0.4 is 0 Å². The molecule has 24 heavy (non-hydrogen) atoms. The van der Waals surface area contributed by atoms with Crippen LogP contribution in [-0.2, 0) is 14.6 Å². The van der Waals surface area contributed by atoms with Crippen molar-refractivity contribution in [1.82, 2.24) is 4.98 Å². The standard InChI is InChI=1S/C17H14BrNO4S/c1-10-3-6-12(7-4-10)24(21,22)16-15(18)13-9-11(17(20)23-2)5-8-14(13)19-16/h3-9,19H,1-2H3. The Kier molecular flexibility index (Phi) is 4.23. The molecule has 0 saturated heterocycles. The van der Waals surface area contributed by atoms with Gasteiger partial charge in [0.05, 0.1) is 22.0 Å². The number of carbonyl (C=O) groups excluding carboxylic acids is 1. The van der Waals surface area contributed by atoms with Crippen LogP contribution in [0.25, 0.3) is 10.9 Å². The van der Waals surface area contributed by atoms with Crippen LogP contribution in [-0.4, -0.2) is 26.5 Å². The Morgan fingerprint density at radius 3 is 2.42 bits per heavy atom. The van der Waals surface area contributed by atoms with Gasteiger partial charge in [-0.3, -0.25) is 0 Å². The first-order valence-corrected chi connectivity index (χ1v) is 9.33. The summed E-state index contributed by atoms with van der Waals surface area (Å²) in [4.78, 5) is 14.8. The maximum Gasteiger partial charge on any atom is 0.337 e. The molecule has 0 aliphatic rings. The van der Waals surface area contributed by atoms with E-state index in [1.165, 1.54) is 7.11 Å². The number of fused-ring (bicyclic) bond motifs is 1. The van der Waals surface area contributed by atoms with Crippen LogP contribution in [0.5, 0.6) is 0 Å². The van der Waals surface area contributed by atoms with Crippen LogP contribution in [0.2, 0.25) is 0 Å². The molecule has 1 aromatic heterocycles. The Balaban J connectivity index is 2.18. The molecule has 0 saturated carbocycles. The molecule has 0 atom stereocenters. The highest BCUT2D eigenvalue weighted by Crippen LogP contribution is 2.34. The average molecular weight is 408 g/mol. The predicted octanol–water partition coefficient (Wildman–Crippen LogP) is 3.86. The fourth-order valence-corrected chi connectivity index (χ4v) is 4.79. The second-order valence-corrected chi connectivity index (χ2v) is 8.02. The lowest BCUT2D eigenvalue weighted by Crippen LogP contribution is -2.03. The van der Waals surface area contributed by atoms with Crippen molar-refractivity contribution in [3.63, 3.8) is 0 Å². The molecule has 124 valence electrons. The first-order chi connectivity index (χ1) is 11.3. The third-order valence-corrected chi connectivity index (χ3v) is 6.55. The van der Waals surface area contributed by atoms with Crippen molar-refractivity contribution in [3.8, 4) is 0 Å². The van der Waals surface area contributed by atoms with E-state index in [0.29, 0.717) is 20.9 Å². The lowest BCUT2D eigenvalue weighted by atomic mass is 10.1. The number of aromatic nitrogens is 1. The van der Waals surface area contributed by atoms with Gasteiger partial charge in [-0.05, 0) is 53.2 Å². The zero-order chi connectivity index (χ0) is 17.5. The number of sulfone groups is 1. The molecule has 0 bridgehead atoms. The fourth-order valence-electron chi connectivity index (χ4n) is 2.40. The predicted molar refractivity (Wildman–Crippen MR) is 94.0 cm³/mol. The number of aromatic amines is 1. The third-order valence-electron chi connectivity index (χ3n) is 3.72. The quantitative estimate of drug-likeness (QED) is 0.668. The van der Waals surface area contributed by atoms with Crippen molar-refractivity contribution in [2.75, 3.05) is 7.11 Å². The molecule has 1 heterocycles. The molecule has 0 amide bonds. The van der Waals surface area contributed by atoms with Crippen LogP contribution >= 0.6 is 15.9 Å². The second kappa shape index (κ2) is 6.07. The van der Waals surface area contributed by atoms with Crippen LogP contribution in [0.4, 0.5) is 0 Å². The third kappa shape index (κ3) is 2.74. The number of esters is 1. The van der Waals surface area contributed by atoms with E-state index in [2.05, 4.69) is 20.9 Å². The topological polar surface area (TPSA) is 76.2 Å². The zero-order valence-corrected chi connectivity index (χ0v) is 15.4. The SMILES string of the molecule is COC(=O)c1ccc2[nH]c(S(=O)(=O)c3ccc(C)cc3)c(Br)c2c1. The normalized spacial score (nSPS) is 11.6. The molecule has 2 aromatic carbocycles. The second-order valence-electron chi connectivity index (χ2n) is 5.34. The highest BCUT2D eigenvalue weighted by Gasteiger charge is 2.25. The van der Waals surface area contributed by atoms with E-state index < -0.39 is 15.8 Å². The van der Waals surface area contributed by atoms with Crippen molar-refractivity contribution in [1.29, 1.82) is 0 Å². The fraction of sp³-hybridized carbons (Fsp3) is 0.118. The lowest BCUT2D eigenvalue weighted by molar-refractivity contribution is 0.0601. The number of H-pyrrole nitrogens is 1. The van der Waals surface area contributed by atoms with Crippen LogP contribution in [0.15, 0.2) is 56.9 Å². The summed E-state index contributed by atoms with van der Waals surface area (Å²) in [6, 6.07) is 11.5. The molecule has 7 heteroatoms. The molecule has 0 aliphatic carbocycles. The number of carbonyl (C=O) groups is 1. The molecule has 5 nitrogen and oxygen atoms in total. The number of aryl methyl sites for hydroxylation is 1. The summed E-state index contributed by atoms with van der Waals surface area (Å²) in [6.45, 7) is 1.89. The number of nitrogens with one attached hydrogen (secondary N) is 1. The van der Waals surface area contributed by atoms with E-state index in [4.69, 9.17) is 4.74 Å². The van der Waals surface area contributed by atoms with E-state index in [1.807, 2.05) is 6.92 Å². The van der Waals surface area contributed by atoms with Crippen molar-refractivity contribution in [2.24, 2.45) is 0 Å². The molecule has 0 aliphatic heterocycles. The Hall–Kier alpha value is -2.12. The Morgan fingerprint density at radius 2 is 1.79 bits per heavy atom. The van der Waals surface area contributed by atoms with Crippen LogP contribution in [0.3, 0.4) is 0 Å². The van der Waals surface area contributed by atoms with E-state index in [0.717, 1.165) is 5.56 Å². The molecule has 1 N–H and O–H groups in total. The smallest absolute Gasteiger partial charge is 0.337 e. The molecule has 3 rings (SSSR count).